The maximum absolute atomic E-state index is 5.75. The van der Waals surface area contributed by atoms with Gasteiger partial charge in [-0.3, -0.25) is 0 Å². The molecular weight excluding hydrogens is 302 g/mol. The molecule has 0 radical (unpaired) electrons. The molecule has 0 atom stereocenters. The standard InChI is InChI=1S/C11H8ClN5S2/c1-17-9(8-3-2-4-18-8)15-16-11(17)19-10-13-5-7(12)6-14-10/h2-6H,1H3. The number of halogens is 1. The van der Waals surface area contributed by atoms with Crippen molar-refractivity contribution >= 4 is 34.7 Å². The molecule has 0 saturated carbocycles. The van der Waals surface area contributed by atoms with Crippen molar-refractivity contribution in [2.45, 2.75) is 10.3 Å². The molecule has 0 N–H and O–H groups in total. The minimum atomic E-state index is 0.515. The summed E-state index contributed by atoms with van der Waals surface area (Å²) in [4.78, 5) is 9.34. The Labute approximate surface area is 122 Å². The van der Waals surface area contributed by atoms with Crippen molar-refractivity contribution in [2.24, 2.45) is 7.05 Å². The van der Waals surface area contributed by atoms with Gasteiger partial charge >= 0.3 is 0 Å². The van der Waals surface area contributed by atoms with Gasteiger partial charge in [-0.15, -0.1) is 21.5 Å². The van der Waals surface area contributed by atoms with Crippen LogP contribution in [0.15, 0.2) is 40.2 Å². The lowest BCUT2D eigenvalue weighted by molar-refractivity contribution is 0.789. The van der Waals surface area contributed by atoms with Crippen molar-refractivity contribution < 1.29 is 0 Å². The highest BCUT2D eigenvalue weighted by Gasteiger charge is 2.13. The second-order valence-corrected chi connectivity index (χ2v) is 5.95. The first-order valence-corrected chi connectivity index (χ1v) is 7.40. The minimum absolute atomic E-state index is 0.515. The molecule has 0 saturated heterocycles. The third kappa shape index (κ3) is 2.63. The van der Waals surface area contributed by atoms with Gasteiger partial charge in [-0.25, -0.2) is 9.97 Å². The number of rotatable bonds is 3. The first-order valence-electron chi connectivity index (χ1n) is 5.33. The van der Waals surface area contributed by atoms with Crippen LogP contribution in [0.1, 0.15) is 0 Å². The van der Waals surface area contributed by atoms with Gasteiger partial charge in [-0.1, -0.05) is 17.7 Å². The predicted molar refractivity (Wildman–Crippen MR) is 75.5 cm³/mol. The van der Waals surface area contributed by atoms with E-state index in [1.807, 2.05) is 29.1 Å². The maximum atomic E-state index is 5.75. The fourth-order valence-electron chi connectivity index (χ4n) is 1.46. The molecule has 0 spiro atoms. The Morgan fingerprint density at radius 3 is 2.74 bits per heavy atom. The smallest absolute Gasteiger partial charge is 0.199 e. The van der Waals surface area contributed by atoms with Crippen LogP contribution >= 0.6 is 34.7 Å². The van der Waals surface area contributed by atoms with Crippen LogP contribution in [0.3, 0.4) is 0 Å². The third-order valence-electron chi connectivity index (χ3n) is 2.36. The van der Waals surface area contributed by atoms with E-state index in [0.717, 1.165) is 15.9 Å². The molecule has 0 amide bonds. The van der Waals surface area contributed by atoms with Crippen LogP contribution in [0.4, 0.5) is 0 Å². The quantitative estimate of drug-likeness (QED) is 0.696. The lowest BCUT2D eigenvalue weighted by Gasteiger charge is -2.01. The molecule has 3 heterocycles. The first kappa shape index (κ1) is 12.6. The Balaban J connectivity index is 1.88. The fraction of sp³-hybridized carbons (Fsp3) is 0.0909. The Bertz CT molecular complexity index is 678. The third-order valence-corrected chi connectivity index (χ3v) is 4.35. The van der Waals surface area contributed by atoms with E-state index in [0.29, 0.717) is 10.2 Å². The van der Waals surface area contributed by atoms with Gasteiger partial charge in [0.15, 0.2) is 16.1 Å². The topological polar surface area (TPSA) is 56.5 Å². The second kappa shape index (κ2) is 5.28. The molecule has 0 aromatic carbocycles. The Morgan fingerprint density at radius 1 is 1.26 bits per heavy atom. The molecule has 0 aliphatic carbocycles. The number of thiophene rings is 1. The van der Waals surface area contributed by atoms with Gasteiger partial charge in [0.1, 0.15) is 0 Å². The van der Waals surface area contributed by atoms with Crippen LogP contribution < -0.4 is 0 Å². The van der Waals surface area contributed by atoms with Crippen molar-refractivity contribution in [3.63, 3.8) is 0 Å². The minimum Gasteiger partial charge on any atom is -0.304 e. The van der Waals surface area contributed by atoms with Crippen molar-refractivity contribution in [1.29, 1.82) is 0 Å². The molecule has 19 heavy (non-hydrogen) atoms. The van der Waals surface area contributed by atoms with Gasteiger partial charge < -0.3 is 4.57 Å². The van der Waals surface area contributed by atoms with Crippen molar-refractivity contribution in [1.82, 2.24) is 24.7 Å². The van der Waals surface area contributed by atoms with E-state index in [4.69, 9.17) is 11.6 Å². The summed E-state index contributed by atoms with van der Waals surface area (Å²) in [6, 6.07) is 4.01. The zero-order valence-electron chi connectivity index (χ0n) is 9.82. The van der Waals surface area contributed by atoms with E-state index in [9.17, 15) is 0 Å². The van der Waals surface area contributed by atoms with Crippen LogP contribution in [0.25, 0.3) is 10.7 Å². The molecule has 8 heteroatoms. The molecule has 3 aromatic heterocycles. The first-order chi connectivity index (χ1) is 9.24. The van der Waals surface area contributed by atoms with E-state index in [1.165, 1.54) is 11.8 Å². The summed E-state index contributed by atoms with van der Waals surface area (Å²) in [6.45, 7) is 0. The van der Waals surface area contributed by atoms with E-state index in [-0.39, 0.29) is 0 Å². The highest BCUT2D eigenvalue weighted by molar-refractivity contribution is 7.99. The van der Waals surface area contributed by atoms with Gasteiger partial charge in [0.05, 0.1) is 22.3 Å². The molecule has 0 aliphatic rings. The summed E-state index contributed by atoms with van der Waals surface area (Å²) in [5, 5.41) is 12.2. The highest BCUT2D eigenvalue weighted by Crippen LogP contribution is 2.28. The maximum Gasteiger partial charge on any atom is 0.199 e. The zero-order chi connectivity index (χ0) is 13.2. The largest absolute Gasteiger partial charge is 0.304 e. The molecule has 0 unspecified atom stereocenters. The Hall–Kier alpha value is -1.44. The number of nitrogens with zero attached hydrogens (tertiary/aromatic N) is 5. The normalized spacial score (nSPS) is 10.8. The SMILES string of the molecule is Cn1c(Sc2ncc(Cl)cn2)nnc1-c1cccs1. The van der Waals surface area contributed by atoms with E-state index in [2.05, 4.69) is 20.2 Å². The Morgan fingerprint density at radius 2 is 2.05 bits per heavy atom. The number of aromatic nitrogens is 5. The van der Waals surface area contributed by atoms with Gasteiger partial charge in [0.25, 0.3) is 0 Å². The molecular formula is C11H8ClN5S2. The summed E-state index contributed by atoms with van der Waals surface area (Å²) < 4.78 is 1.93. The van der Waals surface area contributed by atoms with E-state index < -0.39 is 0 Å². The lowest BCUT2D eigenvalue weighted by atomic mass is 10.4. The fourth-order valence-corrected chi connectivity index (χ4v) is 2.98. The molecule has 5 nitrogen and oxygen atoms in total. The van der Waals surface area contributed by atoms with Crippen LogP contribution in [0.2, 0.25) is 5.02 Å². The van der Waals surface area contributed by atoms with E-state index in [1.54, 1.807) is 23.7 Å². The summed E-state index contributed by atoms with van der Waals surface area (Å²) in [6.07, 6.45) is 3.13. The van der Waals surface area contributed by atoms with Crippen LogP contribution in [-0.2, 0) is 7.05 Å². The van der Waals surface area contributed by atoms with Crippen molar-refractivity contribution in [3.8, 4) is 10.7 Å². The molecule has 96 valence electrons. The predicted octanol–water partition coefficient (Wildman–Crippen LogP) is 3.14. The summed E-state index contributed by atoms with van der Waals surface area (Å²) in [5.74, 6) is 0.839. The summed E-state index contributed by atoms with van der Waals surface area (Å²) in [5.41, 5.74) is 0. The van der Waals surface area contributed by atoms with Gasteiger partial charge in [-0.05, 0) is 23.2 Å². The average Bonchev–Trinajstić information content (AvgIpc) is 3.03. The Kier molecular flexibility index (Phi) is 3.50. The number of hydrogen-bond donors (Lipinski definition) is 0. The van der Waals surface area contributed by atoms with Gasteiger partial charge in [0.2, 0.25) is 0 Å². The van der Waals surface area contributed by atoms with E-state index >= 15 is 0 Å². The lowest BCUT2D eigenvalue weighted by Crippen LogP contribution is -1.94. The van der Waals surface area contributed by atoms with Crippen LogP contribution in [-0.4, -0.2) is 24.7 Å². The average molecular weight is 310 g/mol. The summed E-state index contributed by atoms with van der Waals surface area (Å²) in [7, 11) is 1.92. The van der Waals surface area contributed by atoms with Crippen molar-refractivity contribution in [2.75, 3.05) is 0 Å². The zero-order valence-corrected chi connectivity index (χ0v) is 12.2. The molecule has 0 fully saturated rings. The van der Waals surface area contributed by atoms with Crippen LogP contribution in [0.5, 0.6) is 0 Å². The van der Waals surface area contributed by atoms with Gasteiger partial charge in [0, 0.05) is 7.05 Å². The summed E-state index contributed by atoms with van der Waals surface area (Å²) >= 11 is 8.74. The van der Waals surface area contributed by atoms with Gasteiger partial charge in [-0.2, -0.15) is 0 Å². The monoisotopic (exact) mass is 309 g/mol. The molecule has 3 aromatic rings. The molecule has 0 bridgehead atoms. The van der Waals surface area contributed by atoms with Crippen molar-refractivity contribution in [3.05, 3.63) is 34.9 Å². The second-order valence-electron chi connectivity index (χ2n) is 3.63. The molecule has 3 rings (SSSR count). The van der Waals surface area contributed by atoms with Crippen LogP contribution in [0, 0.1) is 0 Å². The molecule has 0 aliphatic heterocycles. The number of hydrogen-bond acceptors (Lipinski definition) is 6. The highest BCUT2D eigenvalue weighted by atomic mass is 35.5.